The summed E-state index contributed by atoms with van der Waals surface area (Å²) in [4.78, 5) is 10.9. The number of hydrogen-bond donors (Lipinski definition) is 2. The van der Waals surface area contributed by atoms with Crippen molar-refractivity contribution in [2.75, 3.05) is 13.1 Å². The number of carbonyl (C=O) groups is 1. The average Bonchev–Trinajstić information content (AvgIpc) is 2.29. The summed E-state index contributed by atoms with van der Waals surface area (Å²) in [7, 11) is 0. The Balaban J connectivity index is 2.50. The fraction of sp³-hybridized carbons (Fsp3) is 0.250. The third-order valence-corrected chi connectivity index (χ3v) is 2.35. The van der Waals surface area contributed by atoms with E-state index in [1.165, 1.54) is 5.54 Å². The number of hydrogen-bond acceptors (Lipinski definition) is 2. The molecule has 0 aliphatic rings. The van der Waals surface area contributed by atoms with Crippen molar-refractivity contribution in [3.8, 4) is 0 Å². The lowest BCUT2D eigenvalue weighted by Gasteiger charge is -2.05. The van der Waals surface area contributed by atoms with Gasteiger partial charge in [0.15, 0.2) is 0 Å². The van der Waals surface area contributed by atoms with E-state index < -0.39 is 5.97 Å². The van der Waals surface area contributed by atoms with E-state index in [9.17, 15) is 4.79 Å². The first-order valence-corrected chi connectivity index (χ1v) is 5.46. The Morgan fingerprint density at radius 2 is 2.19 bits per heavy atom. The zero-order valence-corrected chi connectivity index (χ0v) is 9.57. The highest BCUT2D eigenvalue weighted by Crippen LogP contribution is 2.08. The molecule has 0 bridgehead atoms. The molecule has 0 aliphatic carbocycles. The molecule has 0 atom stereocenters. The lowest BCUT2D eigenvalue weighted by atomic mass is 10.0. The molecule has 0 heterocycles. The molecule has 0 amide bonds. The zero-order valence-electron chi connectivity index (χ0n) is 8.82. The van der Waals surface area contributed by atoms with Gasteiger partial charge in [0.25, 0.3) is 0 Å². The van der Waals surface area contributed by atoms with Crippen LogP contribution in [-0.2, 0) is 6.42 Å². The second-order valence-corrected chi connectivity index (χ2v) is 3.53. The quantitative estimate of drug-likeness (QED) is 0.749. The molecule has 86 valence electrons. The van der Waals surface area contributed by atoms with Gasteiger partial charge < -0.3 is 10.4 Å². The highest BCUT2D eigenvalue weighted by atomic mass is 35.5. The minimum Gasteiger partial charge on any atom is -0.478 e. The van der Waals surface area contributed by atoms with Crippen LogP contribution in [0.3, 0.4) is 0 Å². The van der Waals surface area contributed by atoms with Crippen LogP contribution < -0.4 is 5.32 Å². The molecule has 4 heteroatoms. The van der Waals surface area contributed by atoms with Crippen LogP contribution in [0.15, 0.2) is 35.9 Å². The van der Waals surface area contributed by atoms with E-state index in [0.717, 1.165) is 12.1 Å². The van der Waals surface area contributed by atoms with E-state index in [-0.39, 0.29) is 0 Å². The topological polar surface area (TPSA) is 49.3 Å². The smallest absolute Gasteiger partial charge is 0.335 e. The number of carboxylic acids is 1. The number of benzene rings is 1. The van der Waals surface area contributed by atoms with Crippen molar-refractivity contribution < 1.29 is 9.90 Å². The summed E-state index contributed by atoms with van der Waals surface area (Å²) in [5, 5.41) is 12.1. The van der Waals surface area contributed by atoms with Crippen LogP contribution in [0.1, 0.15) is 15.9 Å². The summed E-state index contributed by atoms with van der Waals surface area (Å²) in [6, 6.07) is 7.04. The summed E-state index contributed by atoms with van der Waals surface area (Å²) in [6.07, 6.45) is 2.49. The molecule has 0 aromatic heterocycles. The van der Waals surface area contributed by atoms with Gasteiger partial charge >= 0.3 is 5.97 Å². The lowest BCUT2D eigenvalue weighted by Crippen LogP contribution is -2.18. The molecule has 3 nitrogen and oxygen atoms in total. The first-order chi connectivity index (χ1) is 7.75. The van der Waals surface area contributed by atoms with Gasteiger partial charge in [-0.25, -0.2) is 4.79 Å². The standard InChI is InChI=1S/C12H14ClNO2/c13-7-3-8-14-9-6-10-4-1-2-5-11(10)12(15)16/h1-5,7,14H,6,8-9H2,(H,15,16)/b7-3+. The summed E-state index contributed by atoms with van der Waals surface area (Å²) in [6.45, 7) is 1.42. The van der Waals surface area contributed by atoms with Crippen molar-refractivity contribution in [1.82, 2.24) is 5.32 Å². The van der Waals surface area contributed by atoms with E-state index in [1.54, 1.807) is 18.2 Å². The van der Waals surface area contributed by atoms with Gasteiger partial charge in [0.2, 0.25) is 0 Å². The molecule has 0 saturated heterocycles. The molecule has 0 aliphatic heterocycles. The van der Waals surface area contributed by atoms with Crippen molar-refractivity contribution in [2.45, 2.75) is 6.42 Å². The van der Waals surface area contributed by atoms with Gasteiger partial charge in [0.1, 0.15) is 0 Å². The van der Waals surface area contributed by atoms with E-state index in [2.05, 4.69) is 5.32 Å². The second-order valence-electron chi connectivity index (χ2n) is 3.28. The predicted octanol–water partition coefficient (Wildman–Crippen LogP) is 2.27. The third kappa shape index (κ3) is 4.04. The summed E-state index contributed by atoms with van der Waals surface area (Å²) in [5.41, 5.74) is 2.67. The van der Waals surface area contributed by atoms with Gasteiger partial charge in [-0.05, 0) is 24.6 Å². The Morgan fingerprint density at radius 1 is 1.44 bits per heavy atom. The Hall–Kier alpha value is -1.32. The highest BCUT2D eigenvalue weighted by molar-refractivity contribution is 6.25. The van der Waals surface area contributed by atoms with E-state index in [4.69, 9.17) is 16.7 Å². The minimum absolute atomic E-state index is 0.372. The van der Waals surface area contributed by atoms with Gasteiger partial charge in [-0.3, -0.25) is 0 Å². The molecule has 0 fully saturated rings. The van der Waals surface area contributed by atoms with Crippen molar-refractivity contribution in [3.05, 3.63) is 47.0 Å². The Kier molecular flexibility index (Phi) is 5.61. The Morgan fingerprint density at radius 3 is 2.88 bits per heavy atom. The van der Waals surface area contributed by atoms with E-state index >= 15 is 0 Å². The van der Waals surface area contributed by atoms with E-state index in [0.29, 0.717) is 18.5 Å². The molecular formula is C12H14ClNO2. The molecule has 0 saturated carbocycles. The van der Waals surface area contributed by atoms with Crippen LogP contribution >= 0.6 is 11.6 Å². The van der Waals surface area contributed by atoms with Gasteiger partial charge in [-0.2, -0.15) is 0 Å². The zero-order chi connectivity index (χ0) is 11.8. The number of halogens is 1. The number of rotatable bonds is 6. The van der Waals surface area contributed by atoms with Crippen LogP contribution in [0, 0.1) is 0 Å². The fourth-order valence-corrected chi connectivity index (χ4v) is 1.49. The highest BCUT2D eigenvalue weighted by Gasteiger charge is 2.07. The van der Waals surface area contributed by atoms with Crippen LogP contribution in [0.5, 0.6) is 0 Å². The predicted molar refractivity (Wildman–Crippen MR) is 65.0 cm³/mol. The first kappa shape index (κ1) is 12.7. The maximum Gasteiger partial charge on any atom is 0.335 e. The number of nitrogens with one attached hydrogen (secondary N) is 1. The Labute approximate surface area is 99.7 Å². The molecule has 1 aromatic rings. The molecule has 1 aromatic carbocycles. The maximum atomic E-state index is 10.9. The number of carboxylic acid groups (broad SMARTS) is 1. The molecular weight excluding hydrogens is 226 g/mol. The maximum absolute atomic E-state index is 10.9. The largest absolute Gasteiger partial charge is 0.478 e. The van der Waals surface area contributed by atoms with Crippen LogP contribution in [0.4, 0.5) is 0 Å². The van der Waals surface area contributed by atoms with Crippen LogP contribution in [0.25, 0.3) is 0 Å². The van der Waals surface area contributed by atoms with Gasteiger partial charge in [0, 0.05) is 12.1 Å². The molecule has 16 heavy (non-hydrogen) atoms. The third-order valence-electron chi connectivity index (χ3n) is 2.17. The first-order valence-electron chi connectivity index (χ1n) is 5.03. The molecule has 2 N–H and O–H groups in total. The average molecular weight is 240 g/mol. The Bertz CT molecular complexity index is 377. The monoisotopic (exact) mass is 239 g/mol. The van der Waals surface area contributed by atoms with Gasteiger partial charge in [-0.15, -0.1) is 0 Å². The molecule has 1 rings (SSSR count). The van der Waals surface area contributed by atoms with Crippen LogP contribution in [0.2, 0.25) is 0 Å². The van der Waals surface area contributed by atoms with Gasteiger partial charge in [-0.1, -0.05) is 35.9 Å². The molecule has 0 radical (unpaired) electrons. The summed E-state index contributed by atoms with van der Waals surface area (Å²) >= 11 is 5.37. The van der Waals surface area contributed by atoms with Gasteiger partial charge in [0.05, 0.1) is 5.56 Å². The summed E-state index contributed by atoms with van der Waals surface area (Å²) in [5.74, 6) is -0.878. The van der Waals surface area contributed by atoms with Crippen molar-refractivity contribution in [3.63, 3.8) is 0 Å². The SMILES string of the molecule is O=C(O)c1ccccc1CCNC/C=C/Cl. The van der Waals surface area contributed by atoms with Crippen molar-refractivity contribution in [1.29, 1.82) is 0 Å². The molecule has 0 unspecified atom stereocenters. The normalized spacial score (nSPS) is 10.8. The molecule has 0 spiro atoms. The number of aromatic carboxylic acids is 1. The summed E-state index contributed by atoms with van der Waals surface area (Å²) < 4.78 is 0. The fourth-order valence-electron chi connectivity index (χ4n) is 1.40. The van der Waals surface area contributed by atoms with E-state index in [1.807, 2.05) is 12.1 Å². The van der Waals surface area contributed by atoms with Crippen molar-refractivity contribution >= 4 is 17.6 Å². The second kappa shape index (κ2) is 7.04. The van der Waals surface area contributed by atoms with Crippen LogP contribution in [-0.4, -0.2) is 24.2 Å². The minimum atomic E-state index is -0.878. The van der Waals surface area contributed by atoms with Crippen molar-refractivity contribution in [2.24, 2.45) is 0 Å². The lowest BCUT2D eigenvalue weighted by molar-refractivity contribution is 0.0695.